The second-order valence-electron chi connectivity index (χ2n) is 10.4. The Bertz CT molecular complexity index is 1100. The molecule has 3 N–H and O–H groups in total. The minimum absolute atomic E-state index is 0.0439. The maximum atomic E-state index is 13.5. The third kappa shape index (κ3) is 5.13. The molecular formula is C26H36N6O. The van der Waals surface area contributed by atoms with Gasteiger partial charge < -0.3 is 20.5 Å². The topological polar surface area (TPSA) is 85.9 Å². The Morgan fingerprint density at radius 3 is 2.73 bits per heavy atom. The third-order valence-corrected chi connectivity index (χ3v) is 6.41. The van der Waals surface area contributed by atoms with Gasteiger partial charge in [-0.05, 0) is 41.9 Å². The number of carbonyl (C=O) groups is 1. The molecule has 1 fully saturated rings. The number of fused-ring (bicyclic) bond motifs is 1. The number of nitrogens with zero attached hydrogens (tertiary/aromatic N) is 3. The van der Waals surface area contributed by atoms with Crippen LogP contribution in [0.1, 0.15) is 58.9 Å². The zero-order chi connectivity index (χ0) is 23.6. The van der Waals surface area contributed by atoms with E-state index in [1.165, 1.54) is 5.56 Å². The lowest BCUT2D eigenvalue weighted by atomic mass is 9.85. The van der Waals surface area contributed by atoms with Crippen molar-refractivity contribution in [2.45, 2.75) is 65.5 Å². The molecule has 0 bridgehead atoms. The van der Waals surface area contributed by atoms with Gasteiger partial charge in [0.25, 0.3) is 0 Å². The number of hydrogen-bond donors (Lipinski definition) is 3. The number of aromatic nitrogens is 3. The zero-order valence-electron chi connectivity index (χ0n) is 20.4. The Balaban J connectivity index is 1.49. The fourth-order valence-corrected chi connectivity index (χ4v) is 4.65. The van der Waals surface area contributed by atoms with Crippen molar-refractivity contribution < 1.29 is 4.79 Å². The lowest BCUT2D eigenvalue weighted by molar-refractivity contribution is -0.124. The first-order chi connectivity index (χ1) is 15.7. The number of H-pyrrole nitrogens is 1. The van der Waals surface area contributed by atoms with E-state index in [1.54, 1.807) is 6.33 Å². The molecule has 176 valence electrons. The summed E-state index contributed by atoms with van der Waals surface area (Å²) in [4.78, 5) is 27.8. The quantitative estimate of drug-likeness (QED) is 0.509. The molecule has 0 unspecified atom stereocenters. The lowest BCUT2D eigenvalue weighted by Gasteiger charge is -2.37. The average molecular weight is 449 g/mol. The van der Waals surface area contributed by atoms with Crippen molar-refractivity contribution in [1.82, 2.24) is 20.3 Å². The molecule has 7 nitrogen and oxygen atoms in total. The van der Waals surface area contributed by atoms with Gasteiger partial charge in [-0.25, -0.2) is 9.97 Å². The number of piperidine rings is 1. The molecule has 33 heavy (non-hydrogen) atoms. The van der Waals surface area contributed by atoms with E-state index in [0.29, 0.717) is 5.92 Å². The van der Waals surface area contributed by atoms with Crippen LogP contribution in [0.25, 0.3) is 11.0 Å². The summed E-state index contributed by atoms with van der Waals surface area (Å²) in [6, 6.07) is 10.0. The standard InChI is InChI=1S/C26H36N6O/c1-17(2)19-10-6-7-11-21(19)31-22(26(3,4)5)25(33)30-18-9-8-14-32(15-18)24-20-12-13-27-23(20)28-16-29-24/h6-7,10-13,16-18,22,31H,8-9,14-15H2,1-5H3,(H,30,33)(H,27,28,29)/t18-,22+/m1/s1. The fourth-order valence-electron chi connectivity index (χ4n) is 4.65. The molecule has 3 aromatic rings. The molecule has 0 radical (unpaired) electrons. The van der Waals surface area contributed by atoms with Crippen molar-refractivity contribution in [1.29, 1.82) is 0 Å². The van der Waals surface area contributed by atoms with Gasteiger partial charge in [-0.15, -0.1) is 0 Å². The summed E-state index contributed by atoms with van der Waals surface area (Å²) < 4.78 is 0. The second-order valence-corrected chi connectivity index (χ2v) is 10.4. The van der Waals surface area contributed by atoms with Crippen LogP contribution in [0.2, 0.25) is 0 Å². The number of amides is 1. The molecule has 1 amide bonds. The van der Waals surface area contributed by atoms with Crippen LogP contribution in [0.4, 0.5) is 11.5 Å². The molecule has 3 heterocycles. The highest BCUT2D eigenvalue weighted by atomic mass is 16.2. The minimum atomic E-state index is -0.344. The van der Waals surface area contributed by atoms with Crippen molar-refractivity contribution in [3.8, 4) is 0 Å². The first-order valence-corrected chi connectivity index (χ1v) is 11.9. The van der Waals surface area contributed by atoms with Crippen LogP contribution >= 0.6 is 0 Å². The Hall–Kier alpha value is -3.09. The van der Waals surface area contributed by atoms with Gasteiger partial charge in [0, 0.05) is 31.0 Å². The third-order valence-electron chi connectivity index (χ3n) is 6.41. The summed E-state index contributed by atoms with van der Waals surface area (Å²) in [5.41, 5.74) is 2.85. The van der Waals surface area contributed by atoms with Crippen molar-refractivity contribution in [3.05, 3.63) is 48.4 Å². The van der Waals surface area contributed by atoms with Crippen LogP contribution in [-0.2, 0) is 4.79 Å². The molecule has 1 aliphatic heterocycles. The van der Waals surface area contributed by atoms with E-state index in [2.05, 4.69) is 83.3 Å². The maximum Gasteiger partial charge on any atom is 0.243 e. The van der Waals surface area contributed by atoms with Gasteiger partial charge in [0.15, 0.2) is 0 Å². The highest BCUT2D eigenvalue weighted by molar-refractivity contribution is 5.88. The van der Waals surface area contributed by atoms with Gasteiger partial charge in [-0.3, -0.25) is 4.79 Å². The van der Waals surface area contributed by atoms with E-state index in [4.69, 9.17) is 0 Å². The first kappa shape index (κ1) is 23.1. The average Bonchev–Trinajstić information content (AvgIpc) is 3.26. The SMILES string of the molecule is CC(C)c1ccccc1N[C@@H](C(=O)N[C@@H]1CCCN(c2ncnc3[nH]ccc23)C1)C(C)(C)C. The largest absolute Gasteiger partial charge is 0.373 e. The van der Waals surface area contributed by atoms with E-state index in [-0.39, 0.29) is 23.4 Å². The van der Waals surface area contributed by atoms with Crippen LogP contribution in [0.5, 0.6) is 0 Å². The monoisotopic (exact) mass is 448 g/mol. The summed E-state index contributed by atoms with van der Waals surface area (Å²) in [5.74, 6) is 1.35. The van der Waals surface area contributed by atoms with Crippen LogP contribution in [0, 0.1) is 5.41 Å². The Labute approximate surface area is 196 Å². The molecule has 0 saturated carbocycles. The Kier molecular flexibility index (Phi) is 6.58. The van der Waals surface area contributed by atoms with Crippen LogP contribution in [-0.4, -0.2) is 46.0 Å². The minimum Gasteiger partial charge on any atom is -0.373 e. The van der Waals surface area contributed by atoms with Gasteiger partial charge in [0.2, 0.25) is 5.91 Å². The molecule has 0 aliphatic carbocycles. The molecule has 2 aromatic heterocycles. The number of anilines is 2. The predicted molar refractivity (Wildman–Crippen MR) is 135 cm³/mol. The molecular weight excluding hydrogens is 412 g/mol. The van der Waals surface area contributed by atoms with Gasteiger partial charge in [0.1, 0.15) is 23.8 Å². The van der Waals surface area contributed by atoms with Crippen molar-refractivity contribution in [3.63, 3.8) is 0 Å². The number of carbonyl (C=O) groups excluding carboxylic acids is 1. The first-order valence-electron chi connectivity index (χ1n) is 11.9. The summed E-state index contributed by atoms with van der Waals surface area (Å²) in [6.07, 6.45) is 5.45. The normalized spacial score (nSPS) is 17.9. The predicted octanol–water partition coefficient (Wildman–Crippen LogP) is 4.69. The number of benzene rings is 1. The Morgan fingerprint density at radius 1 is 1.18 bits per heavy atom. The van der Waals surface area contributed by atoms with Crippen molar-refractivity contribution in [2.24, 2.45) is 5.41 Å². The number of aromatic amines is 1. The maximum absolute atomic E-state index is 13.5. The van der Waals surface area contributed by atoms with E-state index >= 15 is 0 Å². The zero-order valence-corrected chi connectivity index (χ0v) is 20.4. The van der Waals surface area contributed by atoms with Crippen LogP contribution in [0.15, 0.2) is 42.9 Å². The van der Waals surface area contributed by atoms with Gasteiger partial charge >= 0.3 is 0 Å². The highest BCUT2D eigenvalue weighted by Crippen LogP contribution is 2.30. The van der Waals surface area contributed by atoms with Crippen LogP contribution in [0.3, 0.4) is 0 Å². The number of nitrogens with one attached hydrogen (secondary N) is 3. The summed E-state index contributed by atoms with van der Waals surface area (Å²) in [5, 5.41) is 7.93. The van der Waals surface area contributed by atoms with E-state index < -0.39 is 0 Å². The smallest absolute Gasteiger partial charge is 0.243 e. The number of hydrogen-bond acceptors (Lipinski definition) is 5. The van der Waals surface area contributed by atoms with Crippen LogP contribution < -0.4 is 15.5 Å². The molecule has 1 aromatic carbocycles. The molecule has 0 spiro atoms. The van der Waals surface area contributed by atoms with Gasteiger partial charge in [-0.2, -0.15) is 0 Å². The van der Waals surface area contributed by atoms with Crippen molar-refractivity contribution >= 4 is 28.4 Å². The highest BCUT2D eigenvalue weighted by Gasteiger charge is 2.34. The van der Waals surface area contributed by atoms with E-state index in [9.17, 15) is 4.79 Å². The fraction of sp³-hybridized carbons (Fsp3) is 0.500. The lowest BCUT2D eigenvalue weighted by Crippen LogP contribution is -2.54. The summed E-state index contributed by atoms with van der Waals surface area (Å²) in [6.45, 7) is 12.3. The van der Waals surface area contributed by atoms with E-state index in [1.807, 2.05) is 18.3 Å². The molecule has 1 aliphatic rings. The summed E-state index contributed by atoms with van der Waals surface area (Å²) >= 11 is 0. The van der Waals surface area contributed by atoms with Crippen molar-refractivity contribution in [2.75, 3.05) is 23.3 Å². The molecule has 4 rings (SSSR count). The van der Waals surface area contributed by atoms with Gasteiger partial charge in [0.05, 0.1) is 5.39 Å². The molecule has 1 saturated heterocycles. The number of para-hydroxylation sites is 1. The molecule has 2 atom stereocenters. The second kappa shape index (κ2) is 9.41. The Morgan fingerprint density at radius 2 is 1.97 bits per heavy atom. The molecule has 7 heteroatoms. The van der Waals surface area contributed by atoms with Gasteiger partial charge in [-0.1, -0.05) is 52.8 Å². The summed E-state index contributed by atoms with van der Waals surface area (Å²) in [7, 11) is 0. The number of rotatable bonds is 6. The van der Waals surface area contributed by atoms with E-state index in [0.717, 1.165) is 48.5 Å².